The van der Waals surface area contributed by atoms with Gasteiger partial charge in [-0.15, -0.1) is 0 Å². The summed E-state index contributed by atoms with van der Waals surface area (Å²) in [7, 11) is 0. The van der Waals surface area contributed by atoms with Crippen LogP contribution in [-0.4, -0.2) is 0 Å². The molecule has 28 rings (SSSR count). The van der Waals surface area contributed by atoms with Crippen molar-refractivity contribution in [2.45, 2.75) is 0 Å². The van der Waals surface area contributed by atoms with Gasteiger partial charge in [-0.3, -0.25) is 0 Å². The minimum absolute atomic E-state index is 0.911. The van der Waals surface area contributed by atoms with Crippen LogP contribution >= 0.6 is 0 Å². The summed E-state index contributed by atoms with van der Waals surface area (Å²) in [4.78, 5) is 0. The first kappa shape index (κ1) is 75.1. The normalized spacial score (nSPS) is 11.8. The van der Waals surface area contributed by atoms with Crippen LogP contribution in [0.15, 0.2) is 486 Å². The average molecular weight is 1660 g/mol. The van der Waals surface area contributed by atoms with E-state index in [2.05, 4.69) is 473 Å². The molecule has 25 aromatic carbocycles. The van der Waals surface area contributed by atoms with Gasteiger partial charge in [0.2, 0.25) is 0 Å². The Labute approximate surface area is 754 Å². The van der Waals surface area contributed by atoms with Crippen molar-refractivity contribution in [1.82, 2.24) is 0 Å². The predicted molar refractivity (Wildman–Crippen MR) is 557 cm³/mol. The van der Waals surface area contributed by atoms with Crippen molar-refractivity contribution >= 4 is 184 Å². The van der Waals surface area contributed by atoms with Gasteiger partial charge in [0, 0.05) is 48.5 Å². The SMILES string of the molecule is c1cc(-c2ccc3ccccc3c2)cc(-c2c3ccccc3c(-c3cccc4oc5c6ccccc6ccc5c34)c3ccccc23)c1.c1ccc(-c2c3ccccc3c(-c3ccc4oc5c6ccccc6ccc5c4c3)c3ccccc23)cc1.c1ccc2cc(-c3ccc(-c4c5ccccc5c(-c5cccc6oc7c8ccccc8ccc7c56)c5ccccc45)cc3)ccc2c1. The molecule has 0 bridgehead atoms. The number of hydrogen-bond acceptors (Lipinski definition) is 3. The van der Waals surface area contributed by atoms with Gasteiger partial charge in [0.25, 0.3) is 0 Å². The average Bonchev–Trinajstić information content (AvgIpc) is 1.70. The molecule has 0 N–H and O–H groups in total. The molecule has 3 heteroatoms. The van der Waals surface area contributed by atoms with Crippen LogP contribution in [0.4, 0.5) is 0 Å². The molecule has 3 heterocycles. The Morgan fingerprint density at radius 1 is 0.115 bits per heavy atom. The third kappa shape index (κ3) is 12.4. The third-order valence-corrected chi connectivity index (χ3v) is 27.3. The minimum Gasteiger partial charge on any atom is -0.455 e. The van der Waals surface area contributed by atoms with Crippen LogP contribution in [-0.2, 0) is 0 Å². The van der Waals surface area contributed by atoms with Crippen molar-refractivity contribution in [2.75, 3.05) is 0 Å². The number of benzene rings is 25. The van der Waals surface area contributed by atoms with Gasteiger partial charge in [0.05, 0.1) is 0 Å². The Hall–Kier alpha value is -17.2. The molecule has 608 valence electrons. The molecular weight excluding hydrogens is 1590 g/mol. The van der Waals surface area contributed by atoms with E-state index in [1.165, 1.54) is 191 Å². The van der Waals surface area contributed by atoms with Gasteiger partial charge in [-0.25, -0.2) is 0 Å². The van der Waals surface area contributed by atoms with E-state index < -0.39 is 0 Å². The van der Waals surface area contributed by atoms with Gasteiger partial charge in [0.15, 0.2) is 0 Å². The highest BCUT2D eigenvalue weighted by molar-refractivity contribution is 6.30. The second-order valence-corrected chi connectivity index (χ2v) is 34.5. The lowest BCUT2D eigenvalue weighted by atomic mass is 9.84. The van der Waals surface area contributed by atoms with Gasteiger partial charge in [-0.05, 0) is 252 Å². The summed E-state index contributed by atoms with van der Waals surface area (Å²) in [5, 5.41) is 34.0. The highest BCUT2D eigenvalue weighted by Crippen LogP contribution is 2.53. The molecule has 0 radical (unpaired) electrons. The molecule has 0 saturated heterocycles. The van der Waals surface area contributed by atoms with Gasteiger partial charge in [0.1, 0.15) is 33.5 Å². The van der Waals surface area contributed by atoms with Crippen molar-refractivity contribution in [3.05, 3.63) is 473 Å². The van der Waals surface area contributed by atoms with Crippen LogP contribution in [0.3, 0.4) is 0 Å². The highest BCUT2D eigenvalue weighted by atomic mass is 16.3. The van der Waals surface area contributed by atoms with Crippen LogP contribution in [0.1, 0.15) is 0 Å². The quantitative estimate of drug-likeness (QED) is 0.142. The van der Waals surface area contributed by atoms with Gasteiger partial charge >= 0.3 is 0 Å². The standard InChI is InChI=1S/2C46H28O.C36H22O/c1-2-13-31-27-33(24-23-29(31)11-1)32-14-9-15-34(28-32)43-36-17-5-7-19-38(36)44(39-20-8-6-18-37(39)43)40-21-10-22-42-45(40)41-26-25-30-12-3-4-16-35(30)46(41)47-42;1-2-12-33-28-34(25-22-29(33)10-1)30-20-23-32(24-21-30)43-36-14-5-7-16-38(36)44(39-17-8-6-15-37(39)43)40-18-9-19-42-45(40)41-27-26-31-11-3-4-13-35(31)46(41)47-42;1-2-11-24(12-3-1)34-27-14-6-8-16-29(27)35(30-17-9-7-15-28(30)34)25-19-21-33-32(22-25)31-20-18-23-10-4-5-13-26(23)36(31)37-33/h2*1-28H;1-22H. The lowest BCUT2D eigenvalue weighted by Gasteiger charge is -2.18. The summed E-state index contributed by atoms with van der Waals surface area (Å²) >= 11 is 0. The van der Waals surface area contributed by atoms with E-state index in [9.17, 15) is 0 Å². The summed E-state index contributed by atoms with van der Waals surface area (Å²) in [6.07, 6.45) is 0. The van der Waals surface area contributed by atoms with Crippen LogP contribution in [0.5, 0.6) is 0 Å². The molecule has 28 aromatic rings. The van der Waals surface area contributed by atoms with Gasteiger partial charge < -0.3 is 13.3 Å². The molecular formula is C128H78O3. The monoisotopic (exact) mass is 1660 g/mol. The lowest BCUT2D eigenvalue weighted by Crippen LogP contribution is -1.91. The zero-order chi connectivity index (χ0) is 86.1. The molecule has 0 fully saturated rings. The number of hydrogen-bond donors (Lipinski definition) is 0. The molecule has 3 nitrogen and oxygen atoms in total. The van der Waals surface area contributed by atoms with Crippen LogP contribution < -0.4 is 0 Å². The fourth-order valence-corrected chi connectivity index (χ4v) is 21.4. The largest absolute Gasteiger partial charge is 0.455 e. The second-order valence-electron chi connectivity index (χ2n) is 34.5. The smallest absolute Gasteiger partial charge is 0.143 e. The maximum Gasteiger partial charge on any atom is 0.143 e. The van der Waals surface area contributed by atoms with E-state index in [4.69, 9.17) is 13.3 Å². The molecule has 0 aliphatic rings. The highest BCUT2D eigenvalue weighted by Gasteiger charge is 2.26. The Kier molecular flexibility index (Phi) is 17.7. The fourth-order valence-electron chi connectivity index (χ4n) is 21.4. The first-order valence-corrected chi connectivity index (χ1v) is 45.1. The third-order valence-electron chi connectivity index (χ3n) is 27.3. The molecule has 0 unspecified atom stereocenters. The van der Waals surface area contributed by atoms with Crippen LogP contribution in [0, 0.1) is 0 Å². The number of furan rings is 3. The number of fused-ring (bicyclic) bond motifs is 23. The molecule has 3 aromatic heterocycles. The van der Waals surface area contributed by atoms with Gasteiger partial charge in [-0.1, -0.05) is 413 Å². The first-order chi connectivity index (χ1) is 65.0. The van der Waals surface area contributed by atoms with Crippen LogP contribution in [0.2, 0.25) is 0 Å². The second kappa shape index (κ2) is 30.8. The molecule has 0 spiro atoms. The topological polar surface area (TPSA) is 39.4 Å². The van der Waals surface area contributed by atoms with Crippen molar-refractivity contribution in [3.63, 3.8) is 0 Å². The molecule has 0 aliphatic heterocycles. The van der Waals surface area contributed by atoms with E-state index in [1.54, 1.807) is 0 Å². The van der Waals surface area contributed by atoms with Crippen molar-refractivity contribution in [3.8, 4) is 89.0 Å². The lowest BCUT2D eigenvalue weighted by molar-refractivity contribution is 0.672. The summed E-state index contributed by atoms with van der Waals surface area (Å²) in [5.74, 6) is 0. The van der Waals surface area contributed by atoms with Crippen molar-refractivity contribution in [2.24, 2.45) is 0 Å². The Morgan fingerprint density at radius 3 is 0.809 bits per heavy atom. The Morgan fingerprint density at radius 2 is 0.382 bits per heavy atom. The summed E-state index contributed by atoms with van der Waals surface area (Å²) in [5.41, 5.74) is 25.3. The zero-order valence-electron chi connectivity index (χ0n) is 71.3. The molecule has 0 saturated carbocycles. The summed E-state index contributed by atoms with van der Waals surface area (Å²) in [6.45, 7) is 0. The minimum atomic E-state index is 0.911. The maximum atomic E-state index is 6.63. The van der Waals surface area contributed by atoms with Crippen molar-refractivity contribution in [1.29, 1.82) is 0 Å². The summed E-state index contributed by atoms with van der Waals surface area (Å²) in [6, 6.07) is 171. The van der Waals surface area contributed by atoms with E-state index in [-0.39, 0.29) is 0 Å². The molecule has 0 atom stereocenters. The van der Waals surface area contributed by atoms with E-state index in [1.807, 2.05) is 0 Å². The maximum absolute atomic E-state index is 6.63. The van der Waals surface area contributed by atoms with E-state index in [0.717, 1.165) is 82.0 Å². The van der Waals surface area contributed by atoms with E-state index in [0.29, 0.717) is 0 Å². The Bertz CT molecular complexity index is 9380. The molecule has 131 heavy (non-hydrogen) atoms. The predicted octanol–water partition coefficient (Wildman–Crippen LogP) is 36.8. The first-order valence-electron chi connectivity index (χ1n) is 45.1. The fraction of sp³-hybridized carbons (Fsp3) is 0. The van der Waals surface area contributed by atoms with E-state index >= 15 is 0 Å². The van der Waals surface area contributed by atoms with Crippen molar-refractivity contribution < 1.29 is 13.3 Å². The molecule has 0 amide bonds. The molecule has 0 aliphatic carbocycles. The van der Waals surface area contributed by atoms with Crippen LogP contribution in [0.25, 0.3) is 273 Å². The summed E-state index contributed by atoms with van der Waals surface area (Å²) < 4.78 is 19.7. The van der Waals surface area contributed by atoms with Gasteiger partial charge in [-0.2, -0.15) is 0 Å². The number of rotatable bonds is 8. The Balaban J connectivity index is 0.000000104. The zero-order valence-corrected chi connectivity index (χ0v) is 71.3.